The Morgan fingerprint density at radius 2 is 1.91 bits per heavy atom. The van der Waals surface area contributed by atoms with Crippen molar-refractivity contribution >= 4 is 17.2 Å². The average Bonchev–Trinajstić information content (AvgIpc) is 2.83. The fraction of sp³-hybridized carbons (Fsp3) is 0.737. The first-order valence-corrected chi connectivity index (χ1v) is 9.94. The Hall–Kier alpha value is -0.870. The molecule has 1 amide bonds. The third kappa shape index (κ3) is 4.16. The highest BCUT2D eigenvalue weighted by Gasteiger charge is 2.37. The number of thiophene rings is 1. The SMILES string of the molecule is CN(C)CC1(CNC(=O)c2cc3c(s2)CCCCCC3)CCC1. The standard InChI is InChI=1S/C19H30N2OS/c1-21(2)14-19(10-7-11-19)13-20-18(22)17-12-15-8-5-3-4-6-9-16(15)23-17/h12H,3-11,13-14H2,1-2H3,(H,20,22). The highest BCUT2D eigenvalue weighted by molar-refractivity contribution is 7.14. The van der Waals surface area contributed by atoms with E-state index in [-0.39, 0.29) is 5.91 Å². The summed E-state index contributed by atoms with van der Waals surface area (Å²) in [6.45, 7) is 1.90. The topological polar surface area (TPSA) is 32.3 Å². The lowest BCUT2D eigenvalue weighted by Crippen LogP contribution is -2.47. The molecule has 1 heterocycles. The first kappa shape index (κ1) is 17.0. The zero-order valence-corrected chi connectivity index (χ0v) is 15.4. The van der Waals surface area contributed by atoms with Crippen molar-refractivity contribution in [2.24, 2.45) is 5.41 Å². The first-order valence-electron chi connectivity index (χ1n) is 9.13. The van der Waals surface area contributed by atoms with Gasteiger partial charge in [-0.25, -0.2) is 0 Å². The smallest absolute Gasteiger partial charge is 0.261 e. The summed E-state index contributed by atoms with van der Waals surface area (Å²) in [5, 5.41) is 3.23. The quantitative estimate of drug-likeness (QED) is 0.886. The van der Waals surface area contributed by atoms with Gasteiger partial charge in [0.1, 0.15) is 0 Å². The van der Waals surface area contributed by atoms with Crippen LogP contribution in [0.15, 0.2) is 6.07 Å². The van der Waals surface area contributed by atoms with Crippen LogP contribution in [0.4, 0.5) is 0 Å². The van der Waals surface area contributed by atoms with Crippen LogP contribution in [0, 0.1) is 5.41 Å². The Balaban J connectivity index is 1.61. The van der Waals surface area contributed by atoms with E-state index in [0.29, 0.717) is 5.41 Å². The second kappa shape index (κ2) is 7.35. The maximum Gasteiger partial charge on any atom is 0.261 e. The molecule has 0 spiro atoms. The lowest BCUT2D eigenvalue weighted by Gasteiger charge is -2.43. The van der Waals surface area contributed by atoms with E-state index in [0.717, 1.165) is 30.8 Å². The minimum atomic E-state index is 0.145. The van der Waals surface area contributed by atoms with Gasteiger partial charge in [-0.2, -0.15) is 0 Å². The third-order valence-corrected chi connectivity index (χ3v) is 6.65. The van der Waals surface area contributed by atoms with Crippen molar-refractivity contribution in [1.29, 1.82) is 0 Å². The van der Waals surface area contributed by atoms with E-state index in [1.165, 1.54) is 55.4 Å². The van der Waals surface area contributed by atoms with Crippen LogP contribution in [0.2, 0.25) is 0 Å². The van der Waals surface area contributed by atoms with Crippen LogP contribution in [0.5, 0.6) is 0 Å². The molecule has 128 valence electrons. The molecule has 3 nitrogen and oxygen atoms in total. The van der Waals surface area contributed by atoms with Gasteiger partial charge in [0, 0.05) is 23.4 Å². The van der Waals surface area contributed by atoms with Gasteiger partial charge < -0.3 is 10.2 Å². The van der Waals surface area contributed by atoms with E-state index in [1.807, 2.05) is 0 Å². The van der Waals surface area contributed by atoms with Crippen LogP contribution < -0.4 is 5.32 Å². The van der Waals surface area contributed by atoms with Crippen molar-refractivity contribution < 1.29 is 4.79 Å². The van der Waals surface area contributed by atoms with Crippen LogP contribution in [-0.4, -0.2) is 38.0 Å². The van der Waals surface area contributed by atoms with Gasteiger partial charge in [-0.15, -0.1) is 11.3 Å². The monoisotopic (exact) mass is 334 g/mol. The molecule has 1 N–H and O–H groups in total. The molecule has 0 aliphatic heterocycles. The van der Waals surface area contributed by atoms with Crippen LogP contribution in [0.25, 0.3) is 0 Å². The van der Waals surface area contributed by atoms with Crippen LogP contribution in [0.1, 0.15) is 65.1 Å². The van der Waals surface area contributed by atoms with Gasteiger partial charge in [-0.3, -0.25) is 4.79 Å². The number of nitrogens with zero attached hydrogens (tertiary/aromatic N) is 1. The molecule has 2 aliphatic carbocycles. The Kier molecular flexibility index (Phi) is 5.42. The molecule has 0 radical (unpaired) electrons. The zero-order valence-electron chi connectivity index (χ0n) is 14.6. The molecule has 2 aliphatic rings. The largest absolute Gasteiger partial charge is 0.351 e. The van der Waals surface area contributed by atoms with E-state index in [9.17, 15) is 4.79 Å². The number of fused-ring (bicyclic) bond motifs is 1. The number of hydrogen-bond donors (Lipinski definition) is 1. The number of nitrogens with one attached hydrogen (secondary N) is 1. The average molecular weight is 335 g/mol. The van der Waals surface area contributed by atoms with E-state index in [2.05, 4.69) is 30.4 Å². The molecular formula is C19H30N2OS. The molecular weight excluding hydrogens is 304 g/mol. The molecule has 23 heavy (non-hydrogen) atoms. The third-order valence-electron chi connectivity index (χ3n) is 5.41. The summed E-state index contributed by atoms with van der Waals surface area (Å²) in [6.07, 6.45) is 11.3. The van der Waals surface area contributed by atoms with E-state index >= 15 is 0 Å². The van der Waals surface area contributed by atoms with Gasteiger partial charge in [0.2, 0.25) is 0 Å². The molecule has 0 atom stereocenters. The number of amides is 1. The molecule has 1 aromatic rings. The summed E-state index contributed by atoms with van der Waals surface area (Å²) in [5.74, 6) is 0.145. The van der Waals surface area contributed by atoms with Crippen molar-refractivity contribution in [2.75, 3.05) is 27.2 Å². The molecule has 1 saturated carbocycles. The summed E-state index contributed by atoms with van der Waals surface area (Å²) in [7, 11) is 4.25. The molecule has 0 bridgehead atoms. The lowest BCUT2D eigenvalue weighted by molar-refractivity contribution is 0.0743. The number of carbonyl (C=O) groups is 1. The summed E-state index contributed by atoms with van der Waals surface area (Å²) in [4.78, 5) is 17.2. The van der Waals surface area contributed by atoms with E-state index in [4.69, 9.17) is 0 Å². The fourth-order valence-electron chi connectivity index (χ4n) is 4.05. The summed E-state index contributed by atoms with van der Waals surface area (Å²) >= 11 is 1.73. The fourth-order valence-corrected chi connectivity index (χ4v) is 5.22. The molecule has 3 rings (SSSR count). The predicted molar refractivity (Wildman–Crippen MR) is 97.4 cm³/mol. The van der Waals surface area contributed by atoms with Crippen molar-refractivity contribution in [3.05, 3.63) is 21.4 Å². The number of carbonyl (C=O) groups excluding carboxylic acids is 1. The zero-order chi connectivity index (χ0) is 16.3. The molecule has 0 saturated heterocycles. The normalized spacial score (nSPS) is 20.3. The summed E-state index contributed by atoms with van der Waals surface area (Å²) in [6, 6.07) is 2.17. The van der Waals surface area contributed by atoms with E-state index < -0.39 is 0 Å². The van der Waals surface area contributed by atoms with Crippen molar-refractivity contribution in [2.45, 2.75) is 57.8 Å². The minimum absolute atomic E-state index is 0.145. The minimum Gasteiger partial charge on any atom is -0.351 e. The maximum atomic E-state index is 12.6. The van der Waals surface area contributed by atoms with Gasteiger partial charge in [-0.1, -0.05) is 19.3 Å². The van der Waals surface area contributed by atoms with Gasteiger partial charge in [-0.05, 0) is 64.3 Å². The molecule has 1 aromatic heterocycles. The Bertz CT molecular complexity index is 520. The molecule has 4 heteroatoms. The highest BCUT2D eigenvalue weighted by atomic mass is 32.1. The van der Waals surface area contributed by atoms with Gasteiger partial charge in [0.15, 0.2) is 0 Å². The van der Waals surface area contributed by atoms with Gasteiger partial charge >= 0.3 is 0 Å². The Labute approximate surface area is 144 Å². The van der Waals surface area contributed by atoms with Crippen LogP contribution >= 0.6 is 11.3 Å². The van der Waals surface area contributed by atoms with Crippen LogP contribution in [0.3, 0.4) is 0 Å². The second-order valence-corrected chi connectivity index (χ2v) is 8.88. The Morgan fingerprint density at radius 3 is 2.57 bits per heavy atom. The predicted octanol–water partition coefficient (Wildman–Crippen LogP) is 3.87. The van der Waals surface area contributed by atoms with Crippen molar-refractivity contribution in [3.8, 4) is 0 Å². The van der Waals surface area contributed by atoms with Crippen molar-refractivity contribution in [1.82, 2.24) is 10.2 Å². The van der Waals surface area contributed by atoms with Crippen LogP contribution in [-0.2, 0) is 12.8 Å². The summed E-state index contributed by atoms with van der Waals surface area (Å²) in [5.41, 5.74) is 1.75. The summed E-state index contributed by atoms with van der Waals surface area (Å²) < 4.78 is 0. The molecule has 0 unspecified atom stereocenters. The van der Waals surface area contributed by atoms with Gasteiger partial charge in [0.05, 0.1) is 4.88 Å². The molecule has 1 fully saturated rings. The van der Waals surface area contributed by atoms with E-state index in [1.54, 1.807) is 11.3 Å². The second-order valence-electron chi connectivity index (χ2n) is 7.75. The van der Waals surface area contributed by atoms with Gasteiger partial charge in [0.25, 0.3) is 5.91 Å². The Morgan fingerprint density at radius 1 is 1.17 bits per heavy atom. The highest BCUT2D eigenvalue weighted by Crippen LogP contribution is 2.40. The maximum absolute atomic E-state index is 12.6. The number of hydrogen-bond acceptors (Lipinski definition) is 3. The van der Waals surface area contributed by atoms with Crippen molar-refractivity contribution in [3.63, 3.8) is 0 Å². The molecule has 0 aromatic carbocycles. The lowest BCUT2D eigenvalue weighted by atomic mass is 9.68. The number of rotatable bonds is 5. The first-order chi connectivity index (χ1) is 11.1. The number of aryl methyl sites for hydroxylation is 2.